The summed E-state index contributed by atoms with van der Waals surface area (Å²) in [6.07, 6.45) is 3.81. The Morgan fingerprint density at radius 3 is 2.53 bits per heavy atom. The lowest BCUT2D eigenvalue weighted by Gasteiger charge is -2.59. The summed E-state index contributed by atoms with van der Waals surface area (Å²) >= 11 is 0. The lowest BCUT2D eigenvalue weighted by Crippen LogP contribution is -2.68. The van der Waals surface area contributed by atoms with Crippen LogP contribution >= 0.6 is 0 Å². The summed E-state index contributed by atoms with van der Waals surface area (Å²) in [7, 11) is 0. The Balaban J connectivity index is 1.01. The fraction of sp³-hybridized carbons (Fsp3) is 0.464. The largest absolute Gasteiger partial charge is 0.337 e. The summed E-state index contributed by atoms with van der Waals surface area (Å²) < 4.78 is 13.5. The average molecular weight is 489 g/mol. The minimum Gasteiger partial charge on any atom is -0.337 e. The van der Waals surface area contributed by atoms with Crippen LogP contribution < -0.4 is 10.2 Å². The molecule has 8 heteroatoms. The number of likely N-dealkylation sites (tertiary alicyclic amines) is 1. The quantitative estimate of drug-likeness (QED) is 0.601. The van der Waals surface area contributed by atoms with Gasteiger partial charge in [-0.3, -0.25) is 4.90 Å². The highest BCUT2D eigenvalue weighted by Gasteiger charge is 2.52. The van der Waals surface area contributed by atoms with Crippen molar-refractivity contribution in [2.75, 3.05) is 31.1 Å². The molecule has 2 aromatic carbocycles. The Morgan fingerprint density at radius 2 is 1.81 bits per heavy atom. The van der Waals surface area contributed by atoms with Gasteiger partial charge in [0.05, 0.1) is 5.52 Å². The predicted molar refractivity (Wildman–Crippen MR) is 138 cm³/mol. The molecule has 0 unspecified atom stereocenters. The highest BCUT2D eigenvalue weighted by atomic mass is 19.1. The smallest absolute Gasteiger partial charge is 0.318 e. The third-order valence-corrected chi connectivity index (χ3v) is 8.02. The fourth-order valence-electron chi connectivity index (χ4n) is 6.48. The Hall–Kier alpha value is -3.26. The van der Waals surface area contributed by atoms with Gasteiger partial charge in [-0.1, -0.05) is 30.3 Å². The number of benzene rings is 2. The number of carbonyl (C=O) groups is 1. The molecule has 1 spiro atoms. The van der Waals surface area contributed by atoms with E-state index < -0.39 is 0 Å². The van der Waals surface area contributed by atoms with Gasteiger partial charge < -0.3 is 15.1 Å². The number of rotatable bonds is 4. The van der Waals surface area contributed by atoms with Gasteiger partial charge >= 0.3 is 6.03 Å². The zero-order valence-electron chi connectivity index (χ0n) is 20.9. The molecule has 3 aliphatic rings. The zero-order chi connectivity index (χ0) is 24.9. The Bertz CT molecular complexity index is 1240. The Kier molecular flexibility index (Phi) is 5.79. The molecule has 2 saturated heterocycles. The van der Waals surface area contributed by atoms with Crippen molar-refractivity contribution in [1.82, 2.24) is 25.1 Å². The SMILES string of the molecule is C[C@@H]1CN(c2ncc3cc(F)ccc3n2)C[C@H](C)N1C(=O)NC1CC2(C1)CN(Cc1ccccc1)C2. The van der Waals surface area contributed by atoms with Gasteiger partial charge in [0.25, 0.3) is 0 Å². The molecule has 6 rings (SSSR count). The molecule has 3 aromatic rings. The molecule has 0 radical (unpaired) electrons. The summed E-state index contributed by atoms with van der Waals surface area (Å²) in [4.78, 5) is 28.9. The number of nitrogens with zero attached hydrogens (tertiary/aromatic N) is 5. The third kappa shape index (κ3) is 4.39. The van der Waals surface area contributed by atoms with Crippen molar-refractivity contribution >= 4 is 22.9 Å². The molecule has 0 bridgehead atoms. The van der Waals surface area contributed by atoms with Gasteiger partial charge in [-0.2, -0.15) is 0 Å². The Labute approximate surface area is 211 Å². The third-order valence-electron chi connectivity index (χ3n) is 8.02. The van der Waals surface area contributed by atoms with E-state index in [0.717, 1.165) is 38.0 Å². The van der Waals surface area contributed by atoms with Crippen molar-refractivity contribution in [3.05, 3.63) is 66.1 Å². The second-order valence-corrected chi connectivity index (χ2v) is 11.1. The fourth-order valence-corrected chi connectivity index (χ4v) is 6.48. The van der Waals surface area contributed by atoms with E-state index in [4.69, 9.17) is 0 Å². The molecule has 1 N–H and O–H groups in total. The predicted octanol–water partition coefficient (Wildman–Crippen LogP) is 4.04. The number of piperazine rings is 1. The molecule has 1 aliphatic carbocycles. The number of hydrogen-bond acceptors (Lipinski definition) is 5. The number of fused-ring (bicyclic) bond motifs is 1. The lowest BCUT2D eigenvalue weighted by atomic mass is 9.60. The van der Waals surface area contributed by atoms with E-state index in [0.29, 0.717) is 29.8 Å². The standard InChI is InChI=1S/C28H33FN6O/c1-19-14-34(26-30-13-22-10-23(29)8-9-25(22)32-26)15-20(2)35(19)27(36)31-24-11-28(12-24)17-33(18-28)16-21-6-4-3-5-7-21/h3-10,13,19-20,24H,11-12,14-18H2,1-2H3,(H,31,36)/t19-,20+. The van der Waals surface area contributed by atoms with Crippen LogP contribution in [0, 0.1) is 11.2 Å². The normalized spacial score (nSPS) is 24.0. The second-order valence-electron chi connectivity index (χ2n) is 11.1. The van der Waals surface area contributed by atoms with Gasteiger partial charge in [-0.25, -0.2) is 19.2 Å². The number of nitrogens with one attached hydrogen (secondary N) is 1. The highest BCUT2D eigenvalue weighted by Crippen LogP contribution is 2.48. The monoisotopic (exact) mass is 488 g/mol. The van der Waals surface area contributed by atoms with E-state index in [9.17, 15) is 9.18 Å². The van der Waals surface area contributed by atoms with E-state index in [2.05, 4.69) is 69.3 Å². The lowest BCUT2D eigenvalue weighted by molar-refractivity contribution is -0.0812. The highest BCUT2D eigenvalue weighted by molar-refractivity contribution is 5.79. The van der Waals surface area contributed by atoms with Crippen molar-refractivity contribution in [3.63, 3.8) is 0 Å². The topological polar surface area (TPSA) is 64.6 Å². The maximum absolute atomic E-state index is 13.5. The van der Waals surface area contributed by atoms with Crippen molar-refractivity contribution in [3.8, 4) is 0 Å². The maximum atomic E-state index is 13.5. The van der Waals surface area contributed by atoms with Gasteiger partial charge in [0.1, 0.15) is 5.82 Å². The molecule has 2 atom stereocenters. The van der Waals surface area contributed by atoms with Gasteiger partial charge in [0.15, 0.2) is 0 Å². The molecular weight excluding hydrogens is 455 g/mol. The number of amides is 2. The first-order valence-corrected chi connectivity index (χ1v) is 12.9. The van der Waals surface area contributed by atoms with Crippen LogP contribution in [0.15, 0.2) is 54.7 Å². The molecule has 2 aliphatic heterocycles. The van der Waals surface area contributed by atoms with E-state index >= 15 is 0 Å². The average Bonchev–Trinajstić information content (AvgIpc) is 2.81. The first-order chi connectivity index (χ1) is 17.4. The molecule has 3 fully saturated rings. The first-order valence-electron chi connectivity index (χ1n) is 12.9. The van der Waals surface area contributed by atoms with Crippen LogP contribution in [-0.2, 0) is 6.54 Å². The summed E-state index contributed by atoms with van der Waals surface area (Å²) in [5, 5.41) is 3.99. The van der Waals surface area contributed by atoms with Crippen molar-refractivity contribution in [1.29, 1.82) is 0 Å². The van der Waals surface area contributed by atoms with Crippen LogP contribution in [0.1, 0.15) is 32.3 Å². The van der Waals surface area contributed by atoms with Crippen molar-refractivity contribution in [2.45, 2.75) is 51.4 Å². The summed E-state index contributed by atoms with van der Waals surface area (Å²) in [6.45, 7) is 8.73. The van der Waals surface area contributed by atoms with Crippen LogP contribution in [0.2, 0.25) is 0 Å². The number of urea groups is 1. The van der Waals surface area contributed by atoms with Gasteiger partial charge in [-0.05, 0) is 55.9 Å². The van der Waals surface area contributed by atoms with Crippen molar-refractivity contribution < 1.29 is 9.18 Å². The number of hydrogen-bond donors (Lipinski definition) is 1. The second kappa shape index (κ2) is 9.00. The number of aromatic nitrogens is 2. The molecule has 3 heterocycles. The molecule has 36 heavy (non-hydrogen) atoms. The van der Waals surface area contributed by atoms with E-state index in [1.165, 1.54) is 17.7 Å². The van der Waals surface area contributed by atoms with Crippen LogP contribution in [0.4, 0.5) is 15.1 Å². The Morgan fingerprint density at radius 1 is 1.08 bits per heavy atom. The van der Waals surface area contributed by atoms with E-state index in [1.807, 2.05) is 4.90 Å². The van der Waals surface area contributed by atoms with Crippen LogP contribution in [0.5, 0.6) is 0 Å². The molecule has 188 valence electrons. The van der Waals surface area contributed by atoms with Crippen LogP contribution in [0.25, 0.3) is 10.9 Å². The van der Waals surface area contributed by atoms with Crippen LogP contribution in [-0.4, -0.2) is 70.1 Å². The minimum atomic E-state index is -0.292. The van der Waals surface area contributed by atoms with Crippen LogP contribution in [0.3, 0.4) is 0 Å². The zero-order valence-corrected chi connectivity index (χ0v) is 20.9. The minimum absolute atomic E-state index is 0.0281. The molecular formula is C28H33FN6O. The molecule has 1 aromatic heterocycles. The summed E-state index contributed by atoms with van der Waals surface area (Å²) in [5.41, 5.74) is 2.47. The number of halogens is 1. The number of carbonyl (C=O) groups excluding carboxylic acids is 1. The van der Waals surface area contributed by atoms with Gasteiger partial charge in [0, 0.05) is 62.4 Å². The molecule has 7 nitrogen and oxygen atoms in total. The van der Waals surface area contributed by atoms with E-state index in [1.54, 1.807) is 12.3 Å². The molecule has 1 saturated carbocycles. The van der Waals surface area contributed by atoms with Gasteiger partial charge in [0.2, 0.25) is 5.95 Å². The van der Waals surface area contributed by atoms with Crippen molar-refractivity contribution in [2.24, 2.45) is 5.41 Å². The summed E-state index contributed by atoms with van der Waals surface area (Å²) in [6, 6.07) is 15.5. The molecule has 2 amide bonds. The van der Waals surface area contributed by atoms with Gasteiger partial charge in [-0.15, -0.1) is 0 Å². The maximum Gasteiger partial charge on any atom is 0.318 e. The summed E-state index contributed by atoms with van der Waals surface area (Å²) in [5.74, 6) is 0.332. The number of anilines is 1. The van der Waals surface area contributed by atoms with E-state index in [-0.39, 0.29) is 30.0 Å². The first kappa shape index (κ1) is 23.2.